The van der Waals surface area contributed by atoms with Crippen LogP contribution in [0.5, 0.6) is 0 Å². The highest BCUT2D eigenvalue weighted by molar-refractivity contribution is 5.95. The van der Waals surface area contributed by atoms with Crippen molar-refractivity contribution in [3.63, 3.8) is 0 Å². The number of anilines is 3. The van der Waals surface area contributed by atoms with E-state index < -0.39 is 0 Å². The summed E-state index contributed by atoms with van der Waals surface area (Å²) in [7, 11) is 2.06. The van der Waals surface area contributed by atoms with Gasteiger partial charge in [0, 0.05) is 61.2 Å². The molecule has 0 atom stereocenters. The van der Waals surface area contributed by atoms with Crippen LogP contribution < -0.4 is 15.5 Å². The molecule has 0 aliphatic rings. The van der Waals surface area contributed by atoms with E-state index in [1.807, 2.05) is 61.5 Å². The minimum absolute atomic E-state index is 0.101. The van der Waals surface area contributed by atoms with Crippen molar-refractivity contribution >= 4 is 23.2 Å². The van der Waals surface area contributed by atoms with Crippen LogP contribution in [0.25, 0.3) is 11.3 Å². The molecular formula is C27H28N6O. The molecule has 0 saturated heterocycles. The number of nitrogens with zero attached hydrogens (tertiary/aromatic N) is 4. The Morgan fingerprint density at radius 2 is 1.85 bits per heavy atom. The van der Waals surface area contributed by atoms with Gasteiger partial charge in [-0.1, -0.05) is 24.3 Å². The first-order valence-corrected chi connectivity index (χ1v) is 11.3. The SMILES string of the molecule is Cc1ccc(C(=O)NCCCN(C)c2ccccc2)cc1Nc1nccc(-c2cccnc2)n1. The number of hydrogen-bond acceptors (Lipinski definition) is 6. The van der Waals surface area contributed by atoms with Crippen molar-refractivity contribution in [2.75, 3.05) is 30.4 Å². The fraction of sp³-hybridized carbons (Fsp3) is 0.185. The molecule has 2 aromatic heterocycles. The molecule has 172 valence electrons. The summed E-state index contributed by atoms with van der Waals surface area (Å²) in [6.07, 6.45) is 6.05. The van der Waals surface area contributed by atoms with Gasteiger partial charge in [-0.15, -0.1) is 0 Å². The Morgan fingerprint density at radius 3 is 2.65 bits per heavy atom. The molecule has 0 bridgehead atoms. The van der Waals surface area contributed by atoms with Crippen LogP contribution in [0.1, 0.15) is 22.3 Å². The quantitative estimate of drug-likeness (QED) is 0.353. The lowest BCUT2D eigenvalue weighted by Gasteiger charge is -2.19. The van der Waals surface area contributed by atoms with Gasteiger partial charge in [-0.25, -0.2) is 9.97 Å². The van der Waals surface area contributed by atoms with E-state index in [4.69, 9.17) is 0 Å². The Bertz CT molecular complexity index is 1230. The van der Waals surface area contributed by atoms with Crippen molar-refractivity contribution in [1.82, 2.24) is 20.3 Å². The highest BCUT2D eigenvalue weighted by Crippen LogP contribution is 2.22. The Hall–Kier alpha value is -4.26. The smallest absolute Gasteiger partial charge is 0.251 e. The summed E-state index contributed by atoms with van der Waals surface area (Å²) in [6, 6.07) is 21.5. The summed E-state index contributed by atoms with van der Waals surface area (Å²) >= 11 is 0. The van der Waals surface area contributed by atoms with E-state index in [0.29, 0.717) is 18.1 Å². The summed E-state index contributed by atoms with van der Waals surface area (Å²) in [6.45, 7) is 3.44. The number of carbonyl (C=O) groups is 1. The standard InChI is InChI=1S/C27H28N6O/c1-20-11-12-21(26(34)29-15-7-17-33(2)23-9-4-3-5-10-23)18-25(20)32-27-30-16-13-24(31-27)22-8-6-14-28-19-22/h3-6,8-14,16,18-19H,7,15,17H2,1-2H3,(H,29,34)(H,30,31,32). The van der Waals surface area contributed by atoms with Gasteiger partial charge in [-0.2, -0.15) is 0 Å². The highest BCUT2D eigenvalue weighted by Gasteiger charge is 2.10. The van der Waals surface area contributed by atoms with Crippen molar-refractivity contribution < 1.29 is 4.79 Å². The molecule has 0 spiro atoms. The van der Waals surface area contributed by atoms with Gasteiger partial charge < -0.3 is 15.5 Å². The summed E-state index contributed by atoms with van der Waals surface area (Å²) < 4.78 is 0. The van der Waals surface area contributed by atoms with Crippen molar-refractivity contribution in [1.29, 1.82) is 0 Å². The molecule has 7 heteroatoms. The van der Waals surface area contributed by atoms with E-state index in [2.05, 4.69) is 49.7 Å². The number of para-hydroxylation sites is 1. The number of carbonyl (C=O) groups excluding carboxylic acids is 1. The van der Waals surface area contributed by atoms with Crippen LogP contribution in [0, 0.1) is 6.92 Å². The number of aromatic nitrogens is 3. The monoisotopic (exact) mass is 452 g/mol. The third-order valence-electron chi connectivity index (χ3n) is 5.51. The lowest BCUT2D eigenvalue weighted by Crippen LogP contribution is -2.28. The van der Waals surface area contributed by atoms with Crippen molar-refractivity contribution in [3.8, 4) is 11.3 Å². The molecule has 2 aromatic carbocycles. The summed E-state index contributed by atoms with van der Waals surface area (Å²) in [5, 5.41) is 6.26. The molecule has 0 aliphatic heterocycles. The van der Waals surface area contributed by atoms with Gasteiger partial charge in [0.05, 0.1) is 5.69 Å². The fourth-order valence-electron chi connectivity index (χ4n) is 3.54. The molecule has 4 rings (SSSR count). The minimum atomic E-state index is -0.101. The second-order valence-electron chi connectivity index (χ2n) is 8.03. The molecule has 2 N–H and O–H groups in total. The van der Waals surface area contributed by atoms with Gasteiger partial charge in [-0.3, -0.25) is 9.78 Å². The largest absolute Gasteiger partial charge is 0.375 e. The lowest BCUT2D eigenvalue weighted by molar-refractivity contribution is 0.0953. The van der Waals surface area contributed by atoms with E-state index >= 15 is 0 Å². The Balaban J connectivity index is 1.36. The zero-order valence-corrected chi connectivity index (χ0v) is 19.4. The van der Waals surface area contributed by atoms with Crippen molar-refractivity contribution in [3.05, 3.63) is 96.4 Å². The fourth-order valence-corrected chi connectivity index (χ4v) is 3.54. The maximum atomic E-state index is 12.7. The zero-order chi connectivity index (χ0) is 23.8. The lowest BCUT2D eigenvalue weighted by atomic mass is 10.1. The number of rotatable bonds is 9. The summed E-state index contributed by atoms with van der Waals surface area (Å²) in [5.41, 5.74) is 5.23. The molecule has 0 saturated carbocycles. The first kappa shape index (κ1) is 22.9. The molecule has 0 fully saturated rings. The van der Waals surface area contributed by atoms with Crippen LogP contribution in [0.15, 0.2) is 85.3 Å². The number of hydrogen-bond donors (Lipinski definition) is 2. The van der Waals surface area contributed by atoms with Gasteiger partial charge in [0.25, 0.3) is 5.91 Å². The van der Waals surface area contributed by atoms with Crippen molar-refractivity contribution in [2.24, 2.45) is 0 Å². The van der Waals surface area contributed by atoms with Gasteiger partial charge in [0.1, 0.15) is 0 Å². The predicted octanol–water partition coefficient (Wildman–Crippen LogP) is 4.85. The Morgan fingerprint density at radius 1 is 1.00 bits per heavy atom. The third-order valence-corrected chi connectivity index (χ3v) is 5.51. The summed E-state index contributed by atoms with van der Waals surface area (Å²) in [5.74, 6) is 0.362. The summed E-state index contributed by atoms with van der Waals surface area (Å²) in [4.78, 5) is 28.0. The van der Waals surface area contributed by atoms with E-state index in [1.165, 1.54) is 0 Å². The number of benzene rings is 2. The average molecular weight is 453 g/mol. The molecule has 34 heavy (non-hydrogen) atoms. The second-order valence-corrected chi connectivity index (χ2v) is 8.03. The number of aryl methyl sites for hydroxylation is 1. The topological polar surface area (TPSA) is 83.0 Å². The maximum absolute atomic E-state index is 12.7. The Kier molecular flexibility index (Phi) is 7.45. The number of nitrogens with one attached hydrogen (secondary N) is 2. The molecule has 1 amide bonds. The molecule has 4 aromatic rings. The van der Waals surface area contributed by atoms with E-state index in [0.717, 1.165) is 41.2 Å². The number of amides is 1. The van der Waals surface area contributed by atoms with Gasteiger partial charge in [0.15, 0.2) is 0 Å². The molecule has 0 radical (unpaired) electrons. The predicted molar refractivity (Wildman–Crippen MR) is 136 cm³/mol. The van der Waals surface area contributed by atoms with Crippen LogP contribution in [0.4, 0.5) is 17.3 Å². The minimum Gasteiger partial charge on any atom is -0.375 e. The number of pyridine rings is 1. The van der Waals surface area contributed by atoms with Gasteiger partial charge in [-0.05, 0) is 61.4 Å². The van der Waals surface area contributed by atoms with Crippen LogP contribution in [0.2, 0.25) is 0 Å². The first-order chi connectivity index (χ1) is 16.6. The van der Waals surface area contributed by atoms with E-state index in [-0.39, 0.29) is 5.91 Å². The zero-order valence-electron chi connectivity index (χ0n) is 19.4. The molecule has 7 nitrogen and oxygen atoms in total. The molecule has 0 aliphatic carbocycles. The van der Waals surface area contributed by atoms with Crippen LogP contribution in [-0.2, 0) is 0 Å². The van der Waals surface area contributed by atoms with Gasteiger partial charge >= 0.3 is 0 Å². The molecular weight excluding hydrogens is 424 g/mol. The highest BCUT2D eigenvalue weighted by atomic mass is 16.1. The maximum Gasteiger partial charge on any atom is 0.251 e. The van der Waals surface area contributed by atoms with E-state index in [9.17, 15) is 4.79 Å². The van der Waals surface area contributed by atoms with Crippen LogP contribution in [-0.4, -0.2) is 41.0 Å². The van der Waals surface area contributed by atoms with Gasteiger partial charge in [0.2, 0.25) is 5.95 Å². The van der Waals surface area contributed by atoms with Crippen molar-refractivity contribution in [2.45, 2.75) is 13.3 Å². The first-order valence-electron chi connectivity index (χ1n) is 11.3. The van der Waals surface area contributed by atoms with Crippen LogP contribution >= 0.6 is 0 Å². The van der Waals surface area contributed by atoms with Crippen LogP contribution in [0.3, 0.4) is 0 Å². The Labute approximate surface area is 199 Å². The van der Waals surface area contributed by atoms with E-state index in [1.54, 1.807) is 18.6 Å². The molecule has 0 unspecified atom stereocenters. The third kappa shape index (κ3) is 5.95. The average Bonchev–Trinajstić information content (AvgIpc) is 2.89. The molecule has 2 heterocycles. The second kappa shape index (κ2) is 11.0. The normalized spacial score (nSPS) is 10.5.